The van der Waals surface area contributed by atoms with Crippen LogP contribution in [0.25, 0.3) is 11.1 Å². The molecule has 192 valence electrons. The summed E-state index contributed by atoms with van der Waals surface area (Å²) in [5, 5.41) is 12.3. The van der Waals surface area contributed by atoms with Crippen LogP contribution < -0.4 is 5.32 Å². The number of likely N-dealkylation sites (tertiary alicyclic amines) is 1. The van der Waals surface area contributed by atoms with Crippen molar-refractivity contribution in [3.05, 3.63) is 59.7 Å². The van der Waals surface area contributed by atoms with Gasteiger partial charge in [-0.2, -0.15) is 15.7 Å². The van der Waals surface area contributed by atoms with Crippen LogP contribution in [0.5, 0.6) is 0 Å². The predicted octanol–water partition coefficient (Wildman–Crippen LogP) is 4.23. The standard InChI is InChI=1S/C29H31N3O4S/c1-19(28(34)32-14-8-13-25(32)27(33)26(17-30)37-15-6-7-16-37)31-29(35)36-18-24-22-11-4-2-9-20(22)21-10-3-5-12-23(21)24/h2-5,9-12,19,24-25H,6-8,13-16,18H2,1H3,(H,31,35)/t19-,25-/m0/s1. The lowest BCUT2D eigenvalue weighted by atomic mass is 9.98. The number of alkyl carbamates (subject to hydrolysis) is 1. The molecular weight excluding hydrogens is 486 g/mol. The molecule has 5 rings (SSSR count). The van der Waals surface area contributed by atoms with Crippen molar-refractivity contribution >= 4 is 33.1 Å². The SMILES string of the molecule is C[C@H](NC(=O)OCC1c2ccccc2-c2ccccc21)C(=O)N1CCC[C@H]1C(=O)C(C#N)=S1CCCC1. The van der Waals surface area contributed by atoms with Crippen molar-refractivity contribution in [2.45, 2.75) is 50.6 Å². The van der Waals surface area contributed by atoms with Crippen molar-refractivity contribution in [1.82, 2.24) is 10.2 Å². The number of amides is 2. The highest BCUT2D eigenvalue weighted by Gasteiger charge is 2.38. The average Bonchev–Trinajstić information content (AvgIpc) is 3.67. The van der Waals surface area contributed by atoms with E-state index in [0.29, 0.717) is 24.3 Å². The molecular formula is C29H31N3O4S. The Labute approximate surface area is 219 Å². The summed E-state index contributed by atoms with van der Waals surface area (Å²) in [5.41, 5.74) is 4.53. The Morgan fingerprint density at radius 2 is 1.68 bits per heavy atom. The number of rotatable bonds is 6. The first-order valence-corrected chi connectivity index (χ1v) is 14.5. The average molecular weight is 518 g/mol. The number of hydrogen-bond donors (Lipinski definition) is 1. The Bertz CT molecular complexity index is 1260. The molecule has 2 aromatic carbocycles. The maximum atomic E-state index is 13.2. The van der Waals surface area contributed by atoms with Gasteiger partial charge in [-0.25, -0.2) is 4.79 Å². The third-order valence-corrected chi connectivity index (χ3v) is 9.97. The fourth-order valence-electron chi connectivity index (χ4n) is 5.70. The lowest BCUT2D eigenvalue weighted by Crippen LogP contribution is -2.51. The Balaban J connectivity index is 1.21. The zero-order valence-corrected chi connectivity index (χ0v) is 21.8. The van der Waals surface area contributed by atoms with Crippen LogP contribution >= 0.6 is 10.5 Å². The molecule has 2 fully saturated rings. The van der Waals surface area contributed by atoms with E-state index in [4.69, 9.17) is 4.74 Å². The molecule has 1 aliphatic carbocycles. The molecule has 2 amide bonds. The second-order valence-electron chi connectivity index (χ2n) is 9.79. The van der Waals surface area contributed by atoms with Crippen molar-refractivity contribution in [2.24, 2.45) is 0 Å². The zero-order valence-electron chi connectivity index (χ0n) is 20.9. The molecule has 0 aromatic heterocycles. The molecule has 0 unspecified atom stereocenters. The number of hydrogen-bond acceptors (Lipinski definition) is 5. The quantitative estimate of drug-likeness (QED) is 0.578. The van der Waals surface area contributed by atoms with E-state index in [1.54, 1.807) is 6.92 Å². The van der Waals surface area contributed by atoms with Crippen LogP contribution in [0, 0.1) is 11.3 Å². The van der Waals surface area contributed by atoms with Crippen LogP contribution in [0.15, 0.2) is 48.5 Å². The first kappa shape index (κ1) is 25.2. The van der Waals surface area contributed by atoms with E-state index in [2.05, 4.69) is 35.7 Å². The zero-order chi connectivity index (χ0) is 25.9. The number of Topliss-reactive ketones (excluding diaryl/α,β-unsaturated/α-hetero) is 1. The topological polar surface area (TPSA) is 99.5 Å². The molecule has 0 saturated carbocycles. The van der Waals surface area contributed by atoms with Gasteiger partial charge in [0.05, 0.1) is 6.04 Å². The minimum absolute atomic E-state index is 0.0684. The maximum Gasteiger partial charge on any atom is 0.407 e. The van der Waals surface area contributed by atoms with Crippen molar-refractivity contribution < 1.29 is 19.1 Å². The Morgan fingerprint density at radius 3 is 2.30 bits per heavy atom. The van der Waals surface area contributed by atoms with Crippen molar-refractivity contribution in [1.29, 1.82) is 5.26 Å². The van der Waals surface area contributed by atoms with E-state index in [-0.39, 0.29) is 34.7 Å². The van der Waals surface area contributed by atoms with Crippen molar-refractivity contribution in [3.63, 3.8) is 0 Å². The number of ether oxygens (including phenoxy) is 1. The van der Waals surface area contributed by atoms with E-state index >= 15 is 0 Å². The summed E-state index contributed by atoms with van der Waals surface area (Å²) >= 11 is 0. The smallest absolute Gasteiger partial charge is 0.407 e. The second-order valence-corrected chi connectivity index (χ2v) is 12.0. The summed E-state index contributed by atoms with van der Waals surface area (Å²) in [7, 11) is -0.297. The van der Waals surface area contributed by atoms with Gasteiger partial charge in [-0.05, 0) is 66.4 Å². The van der Waals surface area contributed by atoms with Crippen LogP contribution in [0.2, 0.25) is 0 Å². The first-order chi connectivity index (χ1) is 18.0. The van der Waals surface area contributed by atoms with Crippen LogP contribution in [-0.2, 0) is 14.3 Å². The van der Waals surface area contributed by atoms with E-state index in [9.17, 15) is 19.6 Å². The van der Waals surface area contributed by atoms with Crippen LogP contribution in [0.3, 0.4) is 0 Å². The first-order valence-electron chi connectivity index (χ1n) is 12.9. The summed E-state index contributed by atoms with van der Waals surface area (Å²) in [6, 6.07) is 16.9. The molecule has 0 bridgehead atoms. The van der Waals surface area contributed by atoms with Gasteiger partial charge in [0, 0.05) is 12.5 Å². The summed E-state index contributed by atoms with van der Waals surface area (Å²) in [5.74, 6) is 1.16. The molecule has 0 spiro atoms. The minimum atomic E-state index is -0.844. The third kappa shape index (κ3) is 4.93. The molecule has 8 heteroatoms. The van der Waals surface area contributed by atoms with Gasteiger partial charge in [0.2, 0.25) is 11.7 Å². The van der Waals surface area contributed by atoms with Crippen LogP contribution in [0.4, 0.5) is 4.79 Å². The van der Waals surface area contributed by atoms with Gasteiger partial charge in [0.15, 0.2) is 0 Å². The summed E-state index contributed by atoms with van der Waals surface area (Å²) in [6.07, 6.45) is 2.66. The highest BCUT2D eigenvalue weighted by molar-refractivity contribution is 8.17. The van der Waals surface area contributed by atoms with E-state index in [1.807, 2.05) is 24.3 Å². The third-order valence-electron chi connectivity index (χ3n) is 7.53. The lowest BCUT2D eigenvalue weighted by molar-refractivity contribution is -0.137. The van der Waals surface area contributed by atoms with E-state index in [0.717, 1.165) is 46.6 Å². The molecule has 37 heavy (non-hydrogen) atoms. The van der Waals surface area contributed by atoms with E-state index in [1.165, 1.54) is 4.90 Å². The van der Waals surface area contributed by atoms with Crippen LogP contribution in [-0.4, -0.2) is 64.3 Å². The Morgan fingerprint density at radius 1 is 1.05 bits per heavy atom. The molecule has 2 aliphatic heterocycles. The number of carbonyl (C=O) groups excluding carboxylic acids is 3. The van der Waals surface area contributed by atoms with Gasteiger partial charge in [0.1, 0.15) is 23.6 Å². The predicted molar refractivity (Wildman–Crippen MR) is 145 cm³/mol. The van der Waals surface area contributed by atoms with Gasteiger partial charge in [-0.1, -0.05) is 48.5 Å². The number of fused-ring (bicyclic) bond motifs is 3. The normalized spacial score (nSPS) is 19.6. The fraction of sp³-hybridized carbons (Fsp3) is 0.414. The summed E-state index contributed by atoms with van der Waals surface area (Å²) in [4.78, 5) is 41.0. The van der Waals surface area contributed by atoms with Gasteiger partial charge in [0.25, 0.3) is 0 Å². The number of nitriles is 1. The highest BCUT2D eigenvalue weighted by atomic mass is 32.2. The van der Waals surface area contributed by atoms with Gasteiger partial charge in [-0.3, -0.25) is 9.59 Å². The summed E-state index contributed by atoms with van der Waals surface area (Å²) < 4.78 is 5.59. The molecule has 0 radical (unpaired) electrons. The molecule has 2 aromatic rings. The molecule has 7 nitrogen and oxygen atoms in total. The molecule has 2 heterocycles. The molecule has 2 saturated heterocycles. The number of ketones is 1. The number of nitrogens with one attached hydrogen (secondary N) is 1. The van der Waals surface area contributed by atoms with Crippen LogP contribution in [0.1, 0.15) is 49.7 Å². The van der Waals surface area contributed by atoms with E-state index < -0.39 is 18.2 Å². The largest absolute Gasteiger partial charge is 0.449 e. The van der Waals surface area contributed by atoms with Gasteiger partial charge in [-0.15, -0.1) is 0 Å². The minimum Gasteiger partial charge on any atom is -0.449 e. The Hall–Kier alpha value is -3.44. The van der Waals surface area contributed by atoms with Gasteiger partial charge >= 0.3 is 6.09 Å². The maximum absolute atomic E-state index is 13.2. The number of carbonyl (C=O) groups is 3. The highest BCUT2D eigenvalue weighted by Crippen LogP contribution is 2.44. The molecule has 1 N–H and O–H groups in total. The monoisotopic (exact) mass is 517 g/mol. The van der Waals surface area contributed by atoms with Gasteiger partial charge < -0.3 is 15.0 Å². The number of benzene rings is 2. The number of nitrogens with zero attached hydrogens (tertiary/aromatic N) is 2. The molecule has 2 atom stereocenters. The van der Waals surface area contributed by atoms with Crippen molar-refractivity contribution in [2.75, 3.05) is 24.7 Å². The lowest BCUT2D eigenvalue weighted by Gasteiger charge is -2.27. The van der Waals surface area contributed by atoms with Crippen molar-refractivity contribution in [3.8, 4) is 17.2 Å². The summed E-state index contributed by atoms with van der Waals surface area (Å²) in [6.45, 7) is 2.21. The fourth-order valence-corrected chi connectivity index (χ4v) is 7.97. The second kappa shape index (κ2) is 10.9. The Kier molecular flexibility index (Phi) is 7.43. The molecule has 3 aliphatic rings.